The standard InChI is InChI=1S/C22H19N3O2/c1-2-17(15-23-8-1)19-7-9-24-20-14-21(27-22(19)20)16-3-5-18(6-4-16)25-10-12-26-13-11-25/h1-9,14-15H,10-13H2. The Bertz CT molecular complexity index is 1050. The predicted octanol–water partition coefficient (Wildman–Crippen LogP) is 4.39. The largest absolute Gasteiger partial charge is 0.454 e. The Balaban J connectivity index is 1.50. The number of anilines is 1. The van der Waals surface area contributed by atoms with Crippen molar-refractivity contribution in [3.8, 4) is 22.5 Å². The molecule has 0 radical (unpaired) electrons. The van der Waals surface area contributed by atoms with Crippen LogP contribution in [-0.4, -0.2) is 36.3 Å². The van der Waals surface area contributed by atoms with E-state index in [9.17, 15) is 0 Å². The number of nitrogens with zero attached hydrogens (tertiary/aromatic N) is 3. The fourth-order valence-corrected chi connectivity index (χ4v) is 3.49. The normalized spacial score (nSPS) is 14.6. The maximum absolute atomic E-state index is 6.20. The molecular formula is C22H19N3O2. The van der Waals surface area contributed by atoms with Crippen LogP contribution in [0.2, 0.25) is 0 Å². The first-order chi connectivity index (χ1) is 13.4. The fourth-order valence-electron chi connectivity index (χ4n) is 3.49. The lowest BCUT2D eigenvalue weighted by atomic mass is 10.1. The molecule has 4 aromatic rings. The molecule has 0 amide bonds. The Morgan fingerprint density at radius 1 is 0.889 bits per heavy atom. The summed E-state index contributed by atoms with van der Waals surface area (Å²) in [5.74, 6) is 0.822. The number of aromatic nitrogens is 2. The maximum atomic E-state index is 6.20. The smallest absolute Gasteiger partial charge is 0.161 e. The second kappa shape index (κ2) is 6.85. The van der Waals surface area contributed by atoms with Crippen molar-refractivity contribution in [3.05, 3.63) is 67.1 Å². The molecule has 27 heavy (non-hydrogen) atoms. The fraction of sp³-hybridized carbons (Fsp3) is 0.182. The van der Waals surface area contributed by atoms with Gasteiger partial charge in [-0.15, -0.1) is 0 Å². The third-order valence-electron chi connectivity index (χ3n) is 4.91. The van der Waals surface area contributed by atoms with Crippen molar-refractivity contribution in [1.29, 1.82) is 0 Å². The van der Waals surface area contributed by atoms with Gasteiger partial charge in [0.05, 0.1) is 13.2 Å². The number of ether oxygens (including phenoxy) is 1. The first kappa shape index (κ1) is 16.0. The summed E-state index contributed by atoms with van der Waals surface area (Å²) in [7, 11) is 0. The highest BCUT2D eigenvalue weighted by Gasteiger charge is 2.14. The lowest BCUT2D eigenvalue weighted by molar-refractivity contribution is 0.122. The van der Waals surface area contributed by atoms with Crippen LogP contribution in [0, 0.1) is 0 Å². The zero-order valence-electron chi connectivity index (χ0n) is 14.8. The predicted molar refractivity (Wildman–Crippen MR) is 106 cm³/mol. The van der Waals surface area contributed by atoms with Crippen LogP contribution in [0.1, 0.15) is 0 Å². The molecule has 0 saturated carbocycles. The molecule has 0 atom stereocenters. The maximum Gasteiger partial charge on any atom is 0.161 e. The molecule has 0 bridgehead atoms. The molecule has 4 heterocycles. The van der Waals surface area contributed by atoms with Crippen molar-refractivity contribution >= 4 is 16.8 Å². The highest BCUT2D eigenvalue weighted by atomic mass is 16.5. The number of furan rings is 1. The molecule has 0 spiro atoms. The van der Waals surface area contributed by atoms with Crippen LogP contribution in [0.3, 0.4) is 0 Å². The van der Waals surface area contributed by atoms with Crippen LogP contribution in [0.25, 0.3) is 33.6 Å². The van der Waals surface area contributed by atoms with Crippen molar-refractivity contribution in [2.45, 2.75) is 0 Å². The molecule has 1 aliphatic heterocycles. The highest BCUT2D eigenvalue weighted by Crippen LogP contribution is 2.33. The minimum atomic E-state index is 0.786. The number of fused-ring (bicyclic) bond motifs is 1. The van der Waals surface area contributed by atoms with Crippen molar-refractivity contribution in [1.82, 2.24) is 9.97 Å². The van der Waals surface area contributed by atoms with Gasteiger partial charge in [0, 0.05) is 60.1 Å². The Kier molecular flexibility index (Phi) is 4.07. The van der Waals surface area contributed by atoms with E-state index >= 15 is 0 Å². The monoisotopic (exact) mass is 357 g/mol. The van der Waals surface area contributed by atoms with Gasteiger partial charge in [0.15, 0.2) is 5.58 Å². The molecule has 1 saturated heterocycles. The first-order valence-corrected chi connectivity index (χ1v) is 9.10. The Labute approximate surface area is 157 Å². The first-order valence-electron chi connectivity index (χ1n) is 9.10. The summed E-state index contributed by atoms with van der Waals surface area (Å²) < 4.78 is 11.6. The van der Waals surface area contributed by atoms with E-state index in [1.165, 1.54) is 5.69 Å². The molecule has 0 unspecified atom stereocenters. The van der Waals surface area contributed by atoms with E-state index in [-0.39, 0.29) is 0 Å². The van der Waals surface area contributed by atoms with Crippen molar-refractivity contribution in [2.75, 3.05) is 31.2 Å². The van der Waals surface area contributed by atoms with Crippen LogP contribution in [0.4, 0.5) is 5.69 Å². The van der Waals surface area contributed by atoms with Crippen molar-refractivity contribution < 1.29 is 9.15 Å². The third-order valence-corrected chi connectivity index (χ3v) is 4.91. The molecule has 1 aromatic carbocycles. The average Bonchev–Trinajstić information content (AvgIpc) is 3.19. The van der Waals surface area contributed by atoms with Gasteiger partial charge in [0.2, 0.25) is 0 Å². The number of pyridine rings is 2. The van der Waals surface area contributed by atoms with Gasteiger partial charge < -0.3 is 14.1 Å². The van der Waals surface area contributed by atoms with E-state index in [0.29, 0.717) is 0 Å². The molecule has 3 aromatic heterocycles. The highest BCUT2D eigenvalue weighted by molar-refractivity contribution is 5.92. The Hall–Kier alpha value is -3.18. The van der Waals surface area contributed by atoms with Gasteiger partial charge >= 0.3 is 0 Å². The van der Waals surface area contributed by atoms with Gasteiger partial charge in [-0.2, -0.15) is 0 Å². The second-order valence-electron chi connectivity index (χ2n) is 6.57. The van der Waals surface area contributed by atoms with Gasteiger partial charge in [-0.3, -0.25) is 9.97 Å². The Morgan fingerprint density at radius 3 is 2.52 bits per heavy atom. The SMILES string of the molecule is c1cncc(-c2ccnc3cc(-c4ccc(N5CCOCC5)cc4)oc23)c1. The number of hydrogen-bond donors (Lipinski definition) is 0. The summed E-state index contributed by atoms with van der Waals surface area (Å²) in [6, 6.07) is 16.4. The molecule has 0 aliphatic carbocycles. The molecule has 1 fully saturated rings. The summed E-state index contributed by atoms with van der Waals surface area (Å²) in [5.41, 5.74) is 5.92. The molecule has 5 heteroatoms. The molecule has 1 aliphatic rings. The van der Waals surface area contributed by atoms with Crippen LogP contribution < -0.4 is 4.90 Å². The molecule has 0 N–H and O–H groups in total. The molecule has 5 rings (SSSR count). The van der Waals surface area contributed by atoms with Gasteiger partial charge in [-0.05, 0) is 36.4 Å². The molecule has 134 valence electrons. The minimum absolute atomic E-state index is 0.786. The zero-order valence-corrected chi connectivity index (χ0v) is 14.8. The topological polar surface area (TPSA) is 51.4 Å². The summed E-state index contributed by atoms with van der Waals surface area (Å²) in [4.78, 5) is 11.0. The van der Waals surface area contributed by atoms with E-state index < -0.39 is 0 Å². The van der Waals surface area contributed by atoms with E-state index in [4.69, 9.17) is 9.15 Å². The van der Waals surface area contributed by atoms with Crippen molar-refractivity contribution in [3.63, 3.8) is 0 Å². The number of rotatable bonds is 3. The van der Waals surface area contributed by atoms with Crippen LogP contribution in [-0.2, 0) is 4.74 Å². The van der Waals surface area contributed by atoms with Gasteiger partial charge in [0.1, 0.15) is 11.3 Å². The Morgan fingerprint density at radius 2 is 1.74 bits per heavy atom. The quantitative estimate of drug-likeness (QED) is 0.544. The summed E-state index contributed by atoms with van der Waals surface area (Å²) in [6.07, 6.45) is 5.42. The van der Waals surface area contributed by atoms with Crippen LogP contribution >= 0.6 is 0 Å². The number of benzene rings is 1. The summed E-state index contributed by atoms with van der Waals surface area (Å²) in [5, 5.41) is 0. The van der Waals surface area contributed by atoms with E-state index in [0.717, 1.165) is 59.9 Å². The summed E-state index contributed by atoms with van der Waals surface area (Å²) in [6.45, 7) is 3.44. The molecular weight excluding hydrogens is 338 g/mol. The zero-order chi connectivity index (χ0) is 18.1. The molecule has 5 nitrogen and oxygen atoms in total. The van der Waals surface area contributed by atoms with Crippen LogP contribution in [0.15, 0.2) is 71.5 Å². The number of morpholine rings is 1. The van der Waals surface area contributed by atoms with Gasteiger partial charge in [0.25, 0.3) is 0 Å². The second-order valence-corrected chi connectivity index (χ2v) is 6.57. The third kappa shape index (κ3) is 3.06. The van der Waals surface area contributed by atoms with E-state index in [2.05, 4.69) is 39.1 Å². The average molecular weight is 357 g/mol. The lowest BCUT2D eigenvalue weighted by Gasteiger charge is -2.28. The van der Waals surface area contributed by atoms with Crippen molar-refractivity contribution in [2.24, 2.45) is 0 Å². The van der Waals surface area contributed by atoms with Gasteiger partial charge in [-0.25, -0.2) is 0 Å². The minimum Gasteiger partial charge on any atom is -0.454 e. The lowest BCUT2D eigenvalue weighted by Crippen LogP contribution is -2.36. The number of hydrogen-bond acceptors (Lipinski definition) is 5. The van der Waals surface area contributed by atoms with Crippen LogP contribution in [0.5, 0.6) is 0 Å². The van der Waals surface area contributed by atoms with Gasteiger partial charge in [-0.1, -0.05) is 6.07 Å². The van der Waals surface area contributed by atoms with E-state index in [1.807, 2.05) is 36.7 Å². The van der Waals surface area contributed by atoms with E-state index in [1.54, 1.807) is 6.20 Å². The summed E-state index contributed by atoms with van der Waals surface area (Å²) >= 11 is 0.